The smallest absolute Gasteiger partial charge is 0.125 e. The third-order valence-electron chi connectivity index (χ3n) is 7.46. The van der Waals surface area contributed by atoms with Crippen molar-refractivity contribution < 1.29 is 9.47 Å². The number of hydrogen-bond acceptors (Lipinski definition) is 3. The van der Waals surface area contributed by atoms with Crippen LogP contribution in [0.2, 0.25) is 0 Å². The Balaban J connectivity index is 1.41. The SMILES string of the molecule is COc1cc(CC(C)C)ccc1COc1ccc2c(c1)CCC(CN1CCCCCCC1)=C2C. The van der Waals surface area contributed by atoms with Crippen molar-refractivity contribution in [2.24, 2.45) is 5.92 Å². The van der Waals surface area contributed by atoms with Crippen LogP contribution in [0.4, 0.5) is 0 Å². The average molecular weight is 462 g/mol. The van der Waals surface area contributed by atoms with Gasteiger partial charge in [-0.15, -0.1) is 0 Å². The molecular formula is C31H43NO2. The molecule has 3 nitrogen and oxygen atoms in total. The molecule has 0 N–H and O–H groups in total. The quantitative estimate of drug-likeness (QED) is 0.407. The molecule has 1 aliphatic heterocycles. The molecule has 1 saturated heterocycles. The van der Waals surface area contributed by atoms with Gasteiger partial charge in [0.05, 0.1) is 7.11 Å². The van der Waals surface area contributed by atoms with Gasteiger partial charge in [-0.25, -0.2) is 0 Å². The summed E-state index contributed by atoms with van der Waals surface area (Å²) in [7, 11) is 1.75. The zero-order chi connectivity index (χ0) is 23.9. The van der Waals surface area contributed by atoms with Gasteiger partial charge in [-0.05, 0) is 98.5 Å². The maximum absolute atomic E-state index is 6.23. The molecule has 1 fully saturated rings. The van der Waals surface area contributed by atoms with E-state index in [-0.39, 0.29) is 0 Å². The second-order valence-corrected chi connectivity index (χ2v) is 10.6. The number of likely N-dealkylation sites (tertiary alicyclic amines) is 1. The predicted octanol–water partition coefficient (Wildman–Crippen LogP) is 7.46. The minimum absolute atomic E-state index is 0.527. The number of allylic oxidation sites excluding steroid dienone is 1. The van der Waals surface area contributed by atoms with Gasteiger partial charge in [0.25, 0.3) is 0 Å². The van der Waals surface area contributed by atoms with Crippen molar-refractivity contribution in [1.29, 1.82) is 0 Å². The highest BCUT2D eigenvalue weighted by Gasteiger charge is 2.19. The van der Waals surface area contributed by atoms with Crippen LogP contribution in [0.15, 0.2) is 42.0 Å². The summed E-state index contributed by atoms with van der Waals surface area (Å²) in [6, 6.07) is 13.2. The highest BCUT2D eigenvalue weighted by Crippen LogP contribution is 2.34. The van der Waals surface area contributed by atoms with Crippen molar-refractivity contribution in [3.05, 3.63) is 64.2 Å². The second-order valence-electron chi connectivity index (χ2n) is 10.6. The Morgan fingerprint density at radius 1 is 0.912 bits per heavy atom. The first-order valence-corrected chi connectivity index (χ1v) is 13.4. The monoisotopic (exact) mass is 461 g/mol. The van der Waals surface area contributed by atoms with Crippen molar-refractivity contribution in [3.8, 4) is 11.5 Å². The van der Waals surface area contributed by atoms with E-state index in [0.29, 0.717) is 12.5 Å². The third-order valence-corrected chi connectivity index (χ3v) is 7.46. The summed E-state index contributed by atoms with van der Waals surface area (Å²) in [4.78, 5) is 2.69. The molecule has 4 rings (SSSR count). The molecule has 0 aromatic heterocycles. The molecule has 0 saturated carbocycles. The summed E-state index contributed by atoms with van der Waals surface area (Å²) in [5, 5.41) is 0. The zero-order valence-corrected chi connectivity index (χ0v) is 21.8. The number of nitrogens with zero attached hydrogens (tertiary/aromatic N) is 1. The molecule has 0 bridgehead atoms. The summed E-state index contributed by atoms with van der Waals surface area (Å²) in [5.41, 5.74) is 8.37. The van der Waals surface area contributed by atoms with Gasteiger partial charge < -0.3 is 9.47 Å². The van der Waals surface area contributed by atoms with Gasteiger partial charge in [0, 0.05) is 12.1 Å². The minimum Gasteiger partial charge on any atom is -0.496 e. The number of methoxy groups -OCH3 is 1. The van der Waals surface area contributed by atoms with E-state index < -0.39 is 0 Å². The summed E-state index contributed by atoms with van der Waals surface area (Å²) in [6.45, 7) is 11.0. The molecule has 1 aliphatic carbocycles. The molecular weight excluding hydrogens is 418 g/mol. The summed E-state index contributed by atoms with van der Waals surface area (Å²) in [5.74, 6) is 2.50. The van der Waals surface area contributed by atoms with Crippen LogP contribution < -0.4 is 9.47 Å². The van der Waals surface area contributed by atoms with E-state index >= 15 is 0 Å². The second kappa shape index (κ2) is 11.9. The van der Waals surface area contributed by atoms with Crippen molar-refractivity contribution in [2.75, 3.05) is 26.7 Å². The third kappa shape index (κ3) is 6.44. The maximum Gasteiger partial charge on any atom is 0.125 e. The molecule has 0 spiro atoms. The van der Waals surface area contributed by atoms with E-state index in [4.69, 9.17) is 9.47 Å². The van der Waals surface area contributed by atoms with Crippen LogP contribution in [-0.4, -0.2) is 31.6 Å². The Hall–Kier alpha value is -2.26. The highest BCUT2D eigenvalue weighted by molar-refractivity contribution is 5.72. The molecule has 1 heterocycles. The lowest BCUT2D eigenvalue weighted by Gasteiger charge is -2.29. The summed E-state index contributed by atoms with van der Waals surface area (Å²) >= 11 is 0. The maximum atomic E-state index is 6.23. The first-order chi connectivity index (χ1) is 16.5. The molecule has 2 aromatic carbocycles. The molecule has 3 heteroatoms. The van der Waals surface area contributed by atoms with Crippen LogP contribution >= 0.6 is 0 Å². The topological polar surface area (TPSA) is 21.7 Å². The number of ether oxygens (including phenoxy) is 2. The van der Waals surface area contributed by atoms with Gasteiger partial charge in [-0.1, -0.05) is 56.9 Å². The van der Waals surface area contributed by atoms with Crippen LogP contribution in [0.5, 0.6) is 11.5 Å². The molecule has 0 atom stereocenters. The normalized spacial score (nSPS) is 17.3. The van der Waals surface area contributed by atoms with Gasteiger partial charge in [0.2, 0.25) is 0 Å². The zero-order valence-electron chi connectivity index (χ0n) is 21.8. The fourth-order valence-corrected chi connectivity index (χ4v) is 5.50. The number of fused-ring (bicyclic) bond motifs is 1. The van der Waals surface area contributed by atoms with E-state index in [1.165, 1.54) is 73.9 Å². The van der Waals surface area contributed by atoms with Gasteiger partial charge in [-0.2, -0.15) is 0 Å². The number of hydrogen-bond donors (Lipinski definition) is 0. The molecule has 2 aliphatic rings. The number of benzene rings is 2. The fraction of sp³-hybridized carbons (Fsp3) is 0.548. The van der Waals surface area contributed by atoms with Gasteiger partial charge >= 0.3 is 0 Å². The summed E-state index contributed by atoms with van der Waals surface area (Å²) in [6.07, 6.45) is 10.3. The predicted molar refractivity (Wildman–Crippen MR) is 143 cm³/mol. The molecule has 0 radical (unpaired) electrons. The Labute approximate surface area is 207 Å². The molecule has 34 heavy (non-hydrogen) atoms. The largest absolute Gasteiger partial charge is 0.496 e. The number of aryl methyl sites for hydroxylation is 1. The van der Waals surface area contributed by atoms with E-state index in [0.717, 1.165) is 36.4 Å². The molecule has 0 amide bonds. The van der Waals surface area contributed by atoms with Crippen molar-refractivity contribution in [1.82, 2.24) is 4.90 Å². The first-order valence-electron chi connectivity index (χ1n) is 13.4. The van der Waals surface area contributed by atoms with Crippen molar-refractivity contribution in [2.45, 2.75) is 78.7 Å². The molecule has 0 unspecified atom stereocenters. The fourth-order valence-electron chi connectivity index (χ4n) is 5.50. The Kier molecular flexibility index (Phi) is 8.72. The van der Waals surface area contributed by atoms with Gasteiger partial charge in [0.15, 0.2) is 0 Å². The van der Waals surface area contributed by atoms with Crippen LogP contribution in [0.1, 0.15) is 81.5 Å². The first kappa shape index (κ1) is 24.9. The van der Waals surface area contributed by atoms with E-state index in [2.05, 4.69) is 62.1 Å². The molecule has 184 valence electrons. The number of rotatable bonds is 8. The Morgan fingerprint density at radius 2 is 1.68 bits per heavy atom. The van der Waals surface area contributed by atoms with Crippen molar-refractivity contribution >= 4 is 5.57 Å². The van der Waals surface area contributed by atoms with E-state index in [9.17, 15) is 0 Å². The standard InChI is InChI=1S/C31H43NO2/c1-23(2)18-25-10-11-28(31(19-25)33-4)22-34-29-14-15-30-24(3)27(13-12-26(30)20-29)21-32-16-8-6-5-7-9-17-32/h10-11,14-15,19-20,23H,5-9,12-13,16-18,21-22H2,1-4H3. The Morgan fingerprint density at radius 3 is 2.41 bits per heavy atom. The van der Waals surface area contributed by atoms with Crippen LogP contribution in [0.25, 0.3) is 5.57 Å². The molecule has 2 aromatic rings. The highest BCUT2D eigenvalue weighted by atomic mass is 16.5. The van der Waals surface area contributed by atoms with E-state index in [1.807, 2.05) is 0 Å². The van der Waals surface area contributed by atoms with Crippen LogP contribution in [0, 0.1) is 5.92 Å². The Bertz CT molecular complexity index is 983. The van der Waals surface area contributed by atoms with E-state index in [1.54, 1.807) is 12.7 Å². The minimum atomic E-state index is 0.527. The summed E-state index contributed by atoms with van der Waals surface area (Å²) < 4.78 is 11.9. The van der Waals surface area contributed by atoms with Crippen molar-refractivity contribution in [3.63, 3.8) is 0 Å². The lowest BCUT2D eigenvalue weighted by molar-refractivity contribution is 0.264. The van der Waals surface area contributed by atoms with Crippen LogP contribution in [-0.2, 0) is 19.4 Å². The van der Waals surface area contributed by atoms with Gasteiger partial charge in [-0.3, -0.25) is 4.90 Å². The average Bonchev–Trinajstić information content (AvgIpc) is 2.81. The lowest BCUT2D eigenvalue weighted by atomic mass is 9.86. The van der Waals surface area contributed by atoms with Gasteiger partial charge in [0.1, 0.15) is 18.1 Å². The van der Waals surface area contributed by atoms with Crippen LogP contribution in [0.3, 0.4) is 0 Å². The lowest BCUT2D eigenvalue weighted by Crippen LogP contribution is -2.30.